The van der Waals surface area contributed by atoms with Gasteiger partial charge in [0.2, 0.25) is 0 Å². The predicted molar refractivity (Wildman–Crippen MR) is 75.4 cm³/mol. The number of nitrogens with zero attached hydrogens (tertiary/aromatic N) is 1. The molecule has 1 fully saturated rings. The highest BCUT2D eigenvalue weighted by atomic mass is 16.3. The number of carbonyl (C=O) groups is 1. The second-order valence-electron chi connectivity index (χ2n) is 5.87. The fourth-order valence-electron chi connectivity index (χ4n) is 2.79. The summed E-state index contributed by atoms with van der Waals surface area (Å²) in [4.78, 5) is 14.0. The van der Waals surface area contributed by atoms with Gasteiger partial charge in [-0.2, -0.15) is 0 Å². The van der Waals surface area contributed by atoms with Gasteiger partial charge in [0.1, 0.15) is 6.10 Å². The Morgan fingerprint density at radius 1 is 1.32 bits per heavy atom. The van der Waals surface area contributed by atoms with Crippen molar-refractivity contribution in [1.29, 1.82) is 0 Å². The number of carbonyl (C=O) groups excluding carboxylic acids is 1. The third kappa shape index (κ3) is 3.57. The number of hydrogen-bond donors (Lipinski definition) is 1. The lowest BCUT2D eigenvalue weighted by atomic mass is 9.86. The van der Waals surface area contributed by atoms with Crippen molar-refractivity contribution >= 4 is 5.91 Å². The van der Waals surface area contributed by atoms with Gasteiger partial charge in [-0.25, -0.2) is 0 Å². The van der Waals surface area contributed by atoms with Gasteiger partial charge in [0.05, 0.1) is 0 Å². The Bertz CT molecular complexity index is 416. The third-order valence-corrected chi connectivity index (χ3v) is 3.77. The van der Waals surface area contributed by atoms with E-state index in [2.05, 4.69) is 13.8 Å². The maximum Gasteiger partial charge on any atom is 0.251 e. The molecule has 3 nitrogen and oxygen atoms in total. The number of likely N-dealkylation sites (tertiary alicyclic amines) is 1. The van der Waals surface area contributed by atoms with Crippen LogP contribution in [0, 0.1) is 11.8 Å². The Hall–Kier alpha value is -1.35. The molecule has 2 rings (SSSR count). The third-order valence-electron chi connectivity index (χ3n) is 3.77. The molecule has 0 unspecified atom stereocenters. The van der Waals surface area contributed by atoms with Crippen LogP contribution in [-0.2, 0) is 11.3 Å². The van der Waals surface area contributed by atoms with Crippen molar-refractivity contribution in [1.82, 2.24) is 4.90 Å². The molecule has 0 saturated carbocycles. The highest BCUT2D eigenvalue weighted by Crippen LogP contribution is 2.26. The zero-order valence-electron chi connectivity index (χ0n) is 11.7. The fourth-order valence-corrected chi connectivity index (χ4v) is 2.79. The van der Waals surface area contributed by atoms with Crippen LogP contribution in [-0.4, -0.2) is 28.6 Å². The van der Waals surface area contributed by atoms with Crippen molar-refractivity contribution in [2.24, 2.45) is 11.8 Å². The lowest BCUT2D eigenvalue weighted by Crippen LogP contribution is -2.48. The van der Waals surface area contributed by atoms with Gasteiger partial charge in [-0.15, -0.1) is 0 Å². The molecule has 0 spiro atoms. The number of amides is 1. The lowest BCUT2D eigenvalue weighted by molar-refractivity contribution is -0.149. The Morgan fingerprint density at radius 3 is 2.63 bits per heavy atom. The summed E-state index contributed by atoms with van der Waals surface area (Å²) in [6.07, 6.45) is 1.00. The summed E-state index contributed by atoms with van der Waals surface area (Å²) < 4.78 is 0. The van der Waals surface area contributed by atoms with Crippen LogP contribution < -0.4 is 0 Å². The molecule has 19 heavy (non-hydrogen) atoms. The number of aliphatic hydroxyl groups excluding tert-OH is 1. The van der Waals surface area contributed by atoms with Crippen LogP contribution in [0.25, 0.3) is 0 Å². The molecule has 0 radical (unpaired) electrons. The molecule has 1 aromatic rings. The van der Waals surface area contributed by atoms with Gasteiger partial charge >= 0.3 is 0 Å². The number of piperidine rings is 1. The first-order chi connectivity index (χ1) is 9.08. The van der Waals surface area contributed by atoms with Gasteiger partial charge in [-0.05, 0) is 30.2 Å². The van der Waals surface area contributed by atoms with Gasteiger partial charge < -0.3 is 10.0 Å². The van der Waals surface area contributed by atoms with Crippen molar-refractivity contribution in [3.63, 3.8) is 0 Å². The Labute approximate surface area is 115 Å². The first-order valence-electron chi connectivity index (χ1n) is 7.08. The zero-order valence-corrected chi connectivity index (χ0v) is 11.7. The normalized spacial score (nSPS) is 24.0. The average Bonchev–Trinajstić information content (AvgIpc) is 2.39. The molecule has 104 valence electrons. The maximum absolute atomic E-state index is 12.2. The monoisotopic (exact) mass is 261 g/mol. The van der Waals surface area contributed by atoms with E-state index in [1.807, 2.05) is 30.3 Å². The molecule has 0 bridgehead atoms. The van der Waals surface area contributed by atoms with E-state index < -0.39 is 6.10 Å². The van der Waals surface area contributed by atoms with Crippen LogP contribution >= 0.6 is 0 Å². The van der Waals surface area contributed by atoms with Crippen molar-refractivity contribution in [2.45, 2.75) is 39.3 Å². The van der Waals surface area contributed by atoms with Gasteiger partial charge in [0, 0.05) is 13.1 Å². The van der Waals surface area contributed by atoms with Crippen LogP contribution in [0.4, 0.5) is 0 Å². The van der Waals surface area contributed by atoms with Crippen molar-refractivity contribution in [2.75, 3.05) is 6.54 Å². The summed E-state index contributed by atoms with van der Waals surface area (Å²) in [6.45, 7) is 5.62. The second kappa shape index (κ2) is 6.20. The molecule has 2 atom stereocenters. The SMILES string of the molecule is CC(C)C[C@@H]1CCN(Cc2ccccc2)C(=O)[C@H]1O. The molecule has 1 aliphatic rings. The van der Waals surface area contributed by atoms with Crippen molar-refractivity contribution < 1.29 is 9.90 Å². The van der Waals surface area contributed by atoms with Crippen LogP contribution in [0.5, 0.6) is 0 Å². The van der Waals surface area contributed by atoms with E-state index in [0.717, 1.165) is 24.9 Å². The quantitative estimate of drug-likeness (QED) is 0.904. The molecule has 1 saturated heterocycles. The van der Waals surface area contributed by atoms with Crippen molar-refractivity contribution in [3.8, 4) is 0 Å². The molecule has 1 aliphatic heterocycles. The minimum Gasteiger partial charge on any atom is -0.383 e. The van der Waals surface area contributed by atoms with E-state index in [-0.39, 0.29) is 11.8 Å². The zero-order chi connectivity index (χ0) is 13.8. The number of benzene rings is 1. The minimum absolute atomic E-state index is 0.110. The first-order valence-corrected chi connectivity index (χ1v) is 7.08. The van der Waals surface area contributed by atoms with E-state index in [9.17, 15) is 9.90 Å². The summed E-state index contributed by atoms with van der Waals surface area (Å²) in [5.74, 6) is 0.536. The highest BCUT2D eigenvalue weighted by molar-refractivity contribution is 5.81. The topological polar surface area (TPSA) is 40.5 Å². The Morgan fingerprint density at radius 2 is 2.00 bits per heavy atom. The summed E-state index contributed by atoms with van der Waals surface area (Å²) in [7, 11) is 0. The minimum atomic E-state index is -0.820. The standard InChI is InChI=1S/C16H23NO2/c1-12(2)10-14-8-9-17(16(19)15(14)18)11-13-6-4-3-5-7-13/h3-7,12,14-15,18H,8-11H2,1-2H3/t14-,15-/m0/s1. The van der Waals surface area contributed by atoms with E-state index in [4.69, 9.17) is 0 Å². The molecule has 3 heteroatoms. The van der Waals surface area contributed by atoms with Crippen LogP contribution in [0.15, 0.2) is 30.3 Å². The van der Waals surface area contributed by atoms with Gasteiger partial charge in [0.25, 0.3) is 5.91 Å². The summed E-state index contributed by atoms with van der Waals surface area (Å²) in [6, 6.07) is 9.94. The van der Waals surface area contributed by atoms with E-state index in [1.54, 1.807) is 4.90 Å². The molecule has 1 N–H and O–H groups in total. The van der Waals surface area contributed by atoms with Crippen LogP contribution in [0.2, 0.25) is 0 Å². The Balaban J connectivity index is 1.97. The second-order valence-corrected chi connectivity index (χ2v) is 5.87. The first kappa shape index (κ1) is 14.1. The van der Waals surface area contributed by atoms with E-state index in [0.29, 0.717) is 12.5 Å². The van der Waals surface area contributed by atoms with Gasteiger partial charge in [0.15, 0.2) is 0 Å². The summed E-state index contributed by atoms with van der Waals surface area (Å²) in [5.41, 5.74) is 1.12. The molecule has 1 amide bonds. The number of rotatable bonds is 4. The van der Waals surface area contributed by atoms with E-state index in [1.165, 1.54) is 0 Å². The molecule has 1 heterocycles. The fraction of sp³-hybridized carbons (Fsp3) is 0.562. The van der Waals surface area contributed by atoms with Crippen LogP contribution in [0.3, 0.4) is 0 Å². The van der Waals surface area contributed by atoms with Gasteiger partial charge in [-0.3, -0.25) is 4.79 Å². The smallest absolute Gasteiger partial charge is 0.251 e. The molecular formula is C16H23NO2. The predicted octanol–water partition coefficient (Wildman–Crippen LogP) is 2.44. The highest BCUT2D eigenvalue weighted by Gasteiger charge is 2.35. The molecule has 0 aliphatic carbocycles. The molecular weight excluding hydrogens is 238 g/mol. The lowest BCUT2D eigenvalue weighted by Gasteiger charge is -2.36. The average molecular weight is 261 g/mol. The molecule has 0 aromatic heterocycles. The van der Waals surface area contributed by atoms with Crippen molar-refractivity contribution in [3.05, 3.63) is 35.9 Å². The Kier molecular flexibility index (Phi) is 4.59. The largest absolute Gasteiger partial charge is 0.383 e. The summed E-state index contributed by atoms with van der Waals surface area (Å²) >= 11 is 0. The van der Waals surface area contributed by atoms with E-state index >= 15 is 0 Å². The number of hydrogen-bond acceptors (Lipinski definition) is 2. The summed E-state index contributed by atoms with van der Waals surface area (Å²) in [5, 5.41) is 10.1. The molecule has 1 aromatic carbocycles. The maximum atomic E-state index is 12.2. The van der Waals surface area contributed by atoms with Gasteiger partial charge in [-0.1, -0.05) is 44.2 Å². The van der Waals surface area contributed by atoms with Crippen LogP contribution in [0.1, 0.15) is 32.3 Å². The number of aliphatic hydroxyl groups is 1.